The summed E-state index contributed by atoms with van der Waals surface area (Å²) in [6, 6.07) is 4.90. The molecule has 6 heteroatoms. The standard InChI is InChI=1S/C21H28O6/c1-2-3-4-5-6-7-9-16-20(24)19-17(26-13-12-15(23)14-22)10-8-11-18(19)27-21(16)25/h7-11,15,22-24H,2-6,12-14H2,1H3. The van der Waals surface area contributed by atoms with Gasteiger partial charge in [0.15, 0.2) is 0 Å². The molecule has 0 radical (unpaired) electrons. The molecule has 1 unspecified atom stereocenters. The van der Waals surface area contributed by atoms with Crippen molar-refractivity contribution in [2.24, 2.45) is 0 Å². The Labute approximate surface area is 158 Å². The number of rotatable bonds is 11. The van der Waals surface area contributed by atoms with Crippen LogP contribution in [0.15, 0.2) is 33.5 Å². The molecule has 0 fully saturated rings. The number of ether oxygens (including phenoxy) is 1. The first-order valence-electron chi connectivity index (χ1n) is 9.45. The second-order valence-corrected chi connectivity index (χ2v) is 6.51. The van der Waals surface area contributed by atoms with Crippen LogP contribution in [0.25, 0.3) is 17.0 Å². The summed E-state index contributed by atoms with van der Waals surface area (Å²) < 4.78 is 10.9. The fourth-order valence-corrected chi connectivity index (χ4v) is 2.77. The van der Waals surface area contributed by atoms with Crippen molar-refractivity contribution in [2.75, 3.05) is 13.2 Å². The van der Waals surface area contributed by atoms with Crippen molar-refractivity contribution < 1.29 is 24.5 Å². The van der Waals surface area contributed by atoms with Crippen LogP contribution in [0.2, 0.25) is 0 Å². The SMILES string of the molecule is CCCCCCC=Cc1c(O)c2c(OCCC(O)CO)cccc2oc1=O. The van der Waals surface area contributed by atoms with Gasteiger partial charge in [0.25, 0.3) is 0 Å². The monoisotopic (exact) mass is 376 g/mol. The van der Waals surface area contributed by atoms with E-state index in [1.807, 2.05) is 6.08 Å². The molecule has 27 heavy (non-hydrogen) atoms. The smallest absolute Gasteiger partial charge is 0.347 e. The van der Waals surface area contributed by atoms with E-state index >= 15 is 0 Å². The molecule has 0 saturated heterocycles. The van der Waals surface area contributed by atoms with E-state index < -0.39 is 11.7 Å². The Hall–Kier alpha value is -2.31. The molecular weight excluding hydrogens is 348 g/mol. The summed E-state index contributed by atoms with van der Waals surface area (Å²) in [5.41, 5.74) is -0.264. The first-order valence-corrected chi connectivity index (χ1v) is 9.45. The van der Waals surface area contributed by atoms with Gasteiger partial charge in [-0.3, -0.25) is 0 Å². The summed E-state index contributed by atoms with van der Waals surface area (Å²) in [7, 11) is 0. The van der Waals surface area contributed by atoms with Gasteiger partial charge >= 0.3 is 5.63 Å². The predicted octanol–water partition coefficient (Wildman–Crippen LogP) is 3.60. The van der Waals surface area contributed by atoms with E-state index in [-0.39, 0.29) is 36.5 Å². The third kappa shape index (κ3) is 5.84. The molecule has 0 spiro atoms. The number of aliphatic hydroxyl groups is 2. The highest BCUT2D eigenvalue weighted by molar-refractivity contribution is 5.92. The van der Waals surface area contributed by atoms with Crippen LogP contribution in [0.4, 0.5) is 0 Å². The van der Waals surface area contributed by atoms with Gasteiger partial charge in [-0.1, -0.05) is 38.3 Å². The van der Waals surface area contributed by atoms with E-state index in [4.69, 9.17) is 14.3 Å². The maximum absolute atomic E-state index is 12.2. The van der Waals surface area contributed by atoms with Gasteiger partial charge in [-0.25, -0.2) is 4.79 Å². The van der Waals surface area contributed by atoms with Crippen molar-refractivity contribution in [3.05, 3.63) is 40.3 Å². The van der Waals surface area contributed by atoms with E-state index in [2.05, 4.69) is 6.92 Å². The molecule has 3 N–H and O–H groups in total. The zero-order valence-corrected chi connectivity index (χ0v) is 15.7. The van der Waals surface area contributed by atoms with Crippen LogP contribution in [-0.2, 0) is 0 Å². The number of hydrogen-bond donors (Lipinski definition) is 3. The lowest BCUT2D eigenvalue weighted by Gasteiger charge is -2.12. The number of aromatic hydroxyl groups is 1. The predicted molar refractivity (Wildman–Crippen MR) is 105 cm³/mol. The largest absolute Gasteiger partial charge is 0.506 e. The van der Waals surface area contributed by atoms with Gasteiger partial charge in [0.2, 0.25) is 0 Å². The minimum atomic E-state index is -0.863. The zero-order valence-electron chi connectivity index (χ0n) is 15.7. The number of benzene rings is 1. The zero-order chi connectivity index (χ0) is 19.6. The Kier molecular flexibility index (Phi) is 8.36. The molecule has 1 heterocycles. The van der Waals surface area contributed by atoms with E-state index in [1.165, 1.54) is 6.42 Å². The number of fused-ring (bicyclic) bond motifs is 1. The van der Waals surface area contributed by atoms with Gasteiger partial charge in [0.05, 0.1) is 19.3 Å². The number of unbranched alkanes of at least 4 members (excludes halogenated alkanes) is 4. The highest BCUT2D eigenvalue weighted by Gasteiger charge is 2.16. The molecule has 0 aliphatic rings. The number of hydrogen-bond acceptors (Lipinski definition) is 6. The van der Waals surface area contributed by atoms with Crippen LogP contribution < -0.4 is 10.4 Å². The summed E-state index contributed by atoms with van der Waals surface area (Å²) in [6.07, 6.45) is 8.19. The fraction of sp³-hybridized carbons (Fsp3) is 0.476. The van der Waals surface area contributed by atoms with Crippen molar-refractivity contribution in [3.8, 4) is 11.5 Å². The highest BCUT2D eigenvalue weighted by atomic mass is 16.5. The van der Waals surface area contributed by atoms with Crippen molar-refractivity contribution in [2.45, 2.75) is 51.6 Å². The summed E-state index contributed by atoms with van der Waals surface area (Å²) in [6.45, 7) is 1.96. The Morgan fingerprint density at radius 3 is 2.81 bits per heavy atom. The van der Waals surface area contributed by atoms with Crippen LogP contribution in [0.5, 0.6) is 11.5 Å². The second kappa shape index (κ2) is 10.7. The van der Waals surface area contributed by atoms with Gasteiger partial charge in [-0.15, -0.1) is 0 Å². The minimum absolute atomic E-state index is 0.101. The molecule has 6 nitrogen and oxygen atoms in total. The average Bonchev–Trinajstić information content (AvgIpc) is 2.66. The molecule has 2 aromatic rings. The number of aliphatic hydroxyl groups excluding tert-OH is 2. The third-order valence-electron chi connectivity index (χ3n) is 4.33. The average molecular weight is 376 g/mol. The summed E-state index contributed by atoms with van der Waals surface area (Å²) >= 11 is 0. The molecule has 1 aromatic heterocycles. The summed E-state index contributed by atoms with van der Waals surface area (Å²) in [5.74, 6) is 0.181. The first-order chi connectivity index (χ1) is 13.1. The van der Waals surface area contributed by atoms with Crippen LogP contribution in [0, 0.1) is 0 Å². The van der Waals surface area contributed by atoms with Crippen molar-refractivity contribution in [1.29, 1.82) is 0 Å². The van der Waals surface area contributed by atoms with Crippen molar-refractivity contribution >= 4 is 17.0 Å². The van der Waals surface area contributed by atoms with E-state index in [9.17, 15) is 15.0 Å². The molecule has 2 rings (SSSR count). The van der Waals surface area contributed by atoms with E-state index in [1.54, 1.807) is 24.3 Å². The molecule has 1 atom stereocenters. The molecule has 148 valence electrons. The third-order valence-corrected chi connectivity index (χ3v) is 4.33. The Bertz CT molecular complexity index is 808. The maximum Gasteiger partial charge on any atom is 0.347 e. The van der Waals surface area contributed by atoms with Gasteiger partial charge in [0, 0.05) is 6.42 Å². The molecule has 0 saturated carbocycles. The quantitative estimate of drug-likeness (QED) is 0.409. The Balaban J connectivity index is 2.22. The van der Waals surface area contributed by atoms with Gasteiger partial charge < -0.3 is 24.5 Å². The van der Waals surface area contributed by atoms with E-state index in [0.29, 0.717) is 11.1 Å². The van der Waals surface area contributed by atoms with Crippen molar-refractivity contribution in [1.82, 2.24) is 0 Å². The van der Waals surface area contributed by atoms with Crippen molar-refractivity contribution in [3.63, 3.8) is 0 Å². The Morgan fingerprint density at radius 1 is 1.26 bits per heavy atom. The fourth-order valence-electron chi connectivity index (χ4n) is 2.77. The molecule has 0 aliphatic heterocycles. The van der Waals surface area contributed by atoms with Crippen LogP contribution in [0.3, 0.4) is 0 Å². The molecule has 1 aromatic carbocycles. The van der Waals surface area contributed by atoms with Crippen LogP contribution in [0.1, 0.15) is 51.0 Å². The lowest BCUT2D eigenvalue weighted by atomic mass is 10.1. The summed E-state index contributed by atoms with van der Waals surface area (Å²) in [4.78, 5) is 12.2. The van der Waals surface area contributed by atoms with E-state index in [0.717, 1.165) is 25.7 Å². The second-order valence-electron chi connectivity index (χ2n) is 6.51. The van der Waals surface area contributed by atoms with Gasteiger partial charge in [-0.2, -0.15) is 0 Å². The lowest BCUT2D eigenvalue weighted by molar-refractivity contribution is 0.0756. The van der Waals surface area contributed by atoms with Gasteiger partial charge in [-0.05, 0) is 31.1 Å². The summed E-state index contributed by atoms with van der Waals surface area (Å²) in [5, 5.41) is 29.2. The molecule has 0 bridgehead atoms. The highest BCUT2D eigenvalue weighted by Crippen LogP contribution is 2.35. The molecular formula is C21H28O6. The number of allylic oxidation sites excluding steroid dienone is 1. The topological polar surface area (TPSA) is 100 Å². The Morgan fingerprint density at radius 2 is 2.07 bits per heavy atom. The minimum Gasteiger partial charge on any atom is -0.506 e. The lowest BCUT2D eigenvalue weighted by Crippen LogP contribution is -2.16. The molecule has 0 amide bonds. The normalized spacial score (nSPS) is 12.7. The van der Waals surface area contributed by atoms with Gasteiger partial charge in [0.1, 0.15) is 28.0 Å². The molecule has 0 aliphatic carbocycles. The van der Waals surface area contributed by atoms with Crippen LogP contribution in [-0.4, -0.2) is 34.6 Å². The first kappa shape index (κ1) is 21.0. The maximum atomic E-state index is 12.2. The van der Waals surface area contributed by atoms with Crippen LogP contribution >= 0.6 is 0 Å².